The molecule has 4 nitrogen and oxygen atoms in total. The first-order valence-electron chi connectivity index (χ1n) is 6.88. The average Bonchev–Trinajstić information content (AvgIpc) is 2.82. The van der Waals surface area contributed by atoms with Crippen molar-refractivity contribution in [3.05, 3.63) is 39.2 Å². The van der Waals surface area contributed by atoms with Crippen LogP contribution in [-0.4, -0.2) is 36.4 Å². The van der Waals surface area contributed by atoms with Crippen molar-refractivity contribution < 1.29 is 8.95 Å². The van der Waals surface area contributed by atoms with Crippen LogP contribution in [0.3, 0.4) is 0 Å². The van der Waals surface area contributed by atoms with Crippen LogP contribution < -0.4 is 9.46 Å². The molecule has 0 saturated carbocycles. The minimum absolute atomic E-state index is 0.523. The first-order valence-corrected chi connectivity index (χ1v) is 9.60. The van der Waals surface area contributed by atoms with Gasteiger partial charge in [-0.05, 0) is 44.8 Å². The number of anilines is 1. The lowest BCUT2D eigenvalue weighted by Gasteiger charge is -2.13. The molecule has 0 aliphatic heterocycles. The van der Waals surface area contributed by atoms with E-state index in [0.29, 0.717) is 31.6 Å². The van der Waals surface area contributed by atoms with Gasteiger partial charge < -0.3 is 14.4 Å². The summed E-state index contributed by atoms with van der Waals surface area (Å²) in [4.78, 5) is 2.02. The first kappa shape index (κ1) is 18.5. The standard InChI is InChI=1S/C15H18Cl2N2O2S2/c1-10-8-14(22-15(10)17)23(20)18-11-4-5-12(16)13(9-11)21-7-6-19(2)3/h4-5,8-9,18H,6-7H2,1-3H3. The summed E-state index contributed by atoms with van der Waals surface area (Å²) < 4.78 is 22.3. The average molecular weight is 393 g/mol. The highest BCUT2D eigenvalue weighted by atomic mass is 35.5. The Kier molecular flexibility index (Phi) is 6.73. The van der Waals surface area contributed by atoms with Gasteiger partial charge in [-0.25, -0.2) is 4.21 Å². The van der Waals surface area contributed by atoms with Crippen LogP contribution in [-0.2, 0) is 11.0 Å². The number of hydrogen-bond acceptors (Lipinski definition) is 4. The molecule has 1 aromatic carbocycles. The number of halogens is 2. The van der Waals surface area contributed by atoms with Crippen molar-refractivity contribution in [1.82, 2.24) is 4.90 Å². The van der Waals surface area contributed by atoms with Crippen molar-refractivity contribution in [2.24, 2.45) is 0 Å². The van der Waals surface area contributed by atoms with Crippen LogP contribution in [0.5, 0.6) is 5.75 Å². The molecule has 0 fully saturated rings. The summed E-state index contributed by atoms with van der Waals surface area (Å²) >= 11 is 13.5. The van der Waals surface area contributed by atoms with Crippen LogP contribution in [0, 0.1) is 6.92 Å². The molecule has 2 aromatic rings. The van der Waals surface area contributed by atoms with Gasteiger partial charge in [0, 0.05) is 12.6 Å². The zero-order valence-corrected chi connectivity index (χ0v) is 16.2. The molecule has 2 rings (SSSR count). The Bertz CT molecular complexity index is 685. The maximum Gasteiger partial charge on any atom is 0.160 e. The molecule has 0 radical (unpaired) electrons. The highest BCUT2D eigenvalue weighted by molar-refractivity contribution is 7.88. The summed E-state index contributed by atoms with van der Waals surface area (Å²) in [6, 6.07) is 7.05. The number of benzene rings is 1. The second-order valence-electron chi connectivity index (χ2n) is 5.19. The fourth-order valence-electron chi connectivity index (χ4n) is 1.70. The third-order valence-electron chi connectivity index (χ3n) is 2.96. The number of ether oxygens (including phenoxy) is 1. The molecule has 1 heterocycles. The summed E-state index contributed by atoms with van der Waals surface area (Å²) in [6.45, 7) is 3.20. The molecule has 8 heteroatoms. The largest absolute Gasteiger partial charge is 0.491 e. The van der Waals surface area contributed by atoms with Gasteiger partial charge in [0.15, 0.2) is 11.0 Å². The molecule has 0 spiro atoms. The maximum absolute atomic E-state index is 12.4. The summed E-state index contributed by atoms with van der Waals surface area (Å²) in [5.41, 5.74) is 1.60. The smallest absolute Gasteiger partial charge is 0.160 e. The van der Waals surface area contributed by atoms with Gasteiger partial charge in [0.1, 0.15) is 16.6 Å². The van der Waals surface area contributed by atoms with E-state index in [2.05, 4.69) is 4.72 Å². The van der Waals surface area contributed by atoms with Crippen molar-refractivity contribution >= 4 is 51.2 Å². The minimum atomic E-state index is -1.37. The Hall–Kier alpha value is -0.790. The molecule has 1 unspecified atom stereocenters. The van der Waals surface area contributed by atoms with E-state index in [-0.39, 0.29) is 0 Å². The third kappa shape index (κ3) is 5.36. The van der Waals surface area contributed by atoms with Crippen LogP contribution in [0.1, 0.15) is 5.56 Å². The molecule has 1 atom stereocenters. The molecule has 0 saturated heterocycles. The molecular formula is C15H18Cl2N2O2S2. The molecule has 0 aliphatic carbocycles. The molecule has 0 amide bonds. The lowest BCUT2D eigenvalue weighted by molar-refractivity contribution is 0.261. The number of hydrogen-bond donors (Lipinski definition) is 1. The lowest BCUT2D eigenvalue weighted by Crippen LogP contribution is -2.19. The second kappa shape index (κ2) is 8.35. The van der Waals surface area contributed by atoms with Crippen molar-refractivity contribution in [3.63, 3.8) is 0 Å². The number of nitrogens with zero attached hydrogens (tertiary/aromatic N) is 1. The van der Waals surface area contributed by atoms with Gasteiger partial charge in [-0.2, -0.15) is 0 Å². The number of nitrogens with one attached hydrogen (secondary N) is 1. The summed E-state index contributed by atoms with van der Waals surface area (Å²) in [6.07, 6.45) is 0. The van der Waals surface area contributed by atoms with Crippen LogP contribution >= 0.6 is 34.5 Å². The lowest BCUT2D eigenvalue weighted by atomic mass is 10.3. The fourth-order valence-corrected chi connectivity index (χ4v) is 4.34. The van der Waals surface area contributed by atoms with Crippen molar-refractivity contribution in [2.75, 3.05) is 32.0 Å². The van der Waals surface area contributed by atoms with Crippen molar-refractivity contribution in [3.8, 4) is 5.75 Å². The van der Waals surface area contributed by atoms with E-state index >= 15 is 0 Å². The van der Waals surface area contributed by atoms with Crippen LogP contribution in [0.4, 0.5) is 5.69 Å². The predicted octanol–water partition coefficient (Wildman–Crippen LogP) is 4.44. The van der Waals surface area contributed by atoms with Gasteiger partial charge in [0.05, 0.1) is 15.0 Å². The number of aryl methyl sites for hydroxylation is 1. The van der Waals surface area contributed by atoms with Crippen molar-refractivity contribution in [2.45, 2.75) is 11.1 Å². The fraction of sp³-hybridized carbons (Fsp3) is 0.333. The van der Waals surface area contributed by atoms with Crippen LogP contribution in [0.15, 0.2) is 28.5 Å². The van der Waals surface area contributed by atoms with E-state index in [1.54, 1.807) is 18.2 Å². The van der Waals surface area contributed by atoms with Gasteiger partial charge in [-0.15, -0.1) is 11.3 Å². The SMILES string of the molecule is Cc1cc(S(=O)Nc2ccc(Cl)c(OCCN(C)C)c2)sc1Cl. The Balaban J connectivity index is 2.06. The van der Waals surface area contributed by atoms with Gasteiger partial charge in [-0.1, -0.05) is 23.2 Å². The predicted molar refractivity (Wildman–Crippen MR) is 99.6 cm³/mol. The number of likely N-dealkylation sites (N-methyl/N-ethyl adjacent to an activating group) is 1. The van der Waals surface area contributed by atoms with Gasteiger partial charge in [-0.3, -0.25) is 0 Å². The zero-order chi connectivity index (χ0) is 17.0. The van der Waals surface area contributed by atoms with Crippen molar-refractivity contribution in [1.29, 1.82) is 0 Å². The highest BCUT2D eigenvalue weighted by Gasteiger charge is 2.11. The van der Waals surface area contributed by atoms with Gasteiger partial charge >= 0.3 is 0 Å². The minimum Gasteiger partial charge on any atom is -0.491 e. The molecule has 0 aliphatic rings. The topological polar surface area (TPSA) is 41.6 Å². The third-order valence-corrected chi connectivity index (χ3v) is 6.23. The normalized spacial score (nSPS) is 12.4. The maximum atomic E-state index is 12.4. The molecule has 1 aromatic heterocycles. The van der Waals surface area contributed by atoms with E-state index in [0.717, 1.165) is 12.1 Å². The first-order chi connectivity index (χ1) is 10.9. The summed E-state index contributed by atoms with van der Waals surface area (Å²) in [5, 5.41) is 0.523. The summed E-state index contributed by atoms with van der Waals surface area (Å²) in [7, 11) is 2.57. The second-order valence-corrected chi connectivity index (χ2v) is 8.69. The molecule has 1 N–H and O–H groups in total. The Morgan fingerprint density at radius 3 is 2.65 bits per heavy atom. The van der Waals surface area contributed by atoms with E-state index in [1.165, 1.54) is 11.3 Å². The zero-order valence-electron chi connectivity index (χ0n) is 13.1. The summed E-state index contributed by atoms with van der Waals surface area (Å²) in [5.74, 6) is 0.566. The Morgan fingerprint density at radius 2 is 2.04 bits per heavy atom. The van der Waals surface area contributed by atoms with E-state index in [4.69, 9.17) is 27.9 Å². The van der Waals surface area contributed by atoms with Crippen LogP contribution in [0.25, 0.3) is 0 Å². The van der Waals surface area contributed by atoms with E-state index in [9.17, 15) is 4.21 Å². The number of rotatable bonds is 7. The molecule has 126 valence electrons. The monoisotopic (exact) mass is 392 g/mol. The molecule has 0 bridgehead atoms. The number of thiophene rings is 1. The van der Waals surface area contributed by atoms with Gasteiger partial charge in [0.25, 0.3) is 0 Å². The van der Waals surface area contributed by atoms with Gasteiger partial charge in [0.2, 0.25) is 0 Å². The van der Waals surface area contributed by atoms with E-state index < -0.39 is 11.0 Å². The Morgan fingerprint density at radius 1 is 1.30 bits per heavy atom. The molecule has 23 heavy (non-hydrogen) atoms. The highest BCUT2D eigenvalue weighted by Crippen LogP contribution is 2.31. The van der Waals surface area contributed by atoms with Crippen LogP contribution in [0.2, 0.25) is 9.36 Å². The Labute approximate surface area is 152 Å². The van der Waals surface area contributed by atoms with E-state index in [1.807, 2.05) is 32.0 Å². The molecular weight excluding hydrogens is 375 g/mol. The quantitative estimate of drug-likeness (QED) is 0.756.